The second kappa shape index (κ2) is 6.42. The Morgan fingerprint density at radius 2 is 1.38 bits per heavy atom. The van der Waals surface area contributed by atoms with Gasteiger partial charge in [-0.1, -0.05) is 12.8 Å². The van der Waals surface area contributed by atoms with Gasteiger partial charge in [0.2, 0.25) is 0 Å². The van der Waals surface area contributed by atoms with Crippen molar-refractivity contribution in [1.82, 2.24) is 15.1 Å². The molecule has 5 saturated carbocycles. The molecule has 0 spiro atoms. The molecule has 0 unspecified atom stereocenters. The van der Waals surface area contributed by atoms with Gasteiger partial charge < -0.3 is 10.2 Å². The lowest BCUT2D eigenvalue weighted by Gasteiger charge is -2.58. The molecule has 0 atom stereocenters. The summed E-state index contributed by atoms with van der Waals surface area (Å²) in [6, 6.07) is 1.57. The van der Waals surface area contributed by atoms with Crippen LogP contribution in [0.5, 0.6) is 0 Å². The highest BCUT2D eigenvalue weighted by Crippen LogP contribution is 2.55. The number of nitrogens with zero attached hydrogens (tertiary/aromatic N) is 2. The van der Waals surface area contributed by atoms with Gasteiger partial charge in [-0.15, -0.1) is 0 Å². The van der Waals surface area contributed by atoms with Crippen LogP contribution in [0.25, 0.3) is 0 Å². The van der Waals surface area contributed by atoms with Gasteiger partial charge in [-0.25, -0.2) is 0 Å². The van der Waals surface area contributed by atoms with Crippen molar-refractivity contribution in [2.45, 2.75) is 69.9 Å². The molecule has 5 aliphatic carbocycles. The van der Waals surface area contributed by atoms with Crippen molar-refractivity contribution in [3.63, 3.8) is 0 Å². The molecule has 0 aromatic heterocycles. The number of thiocarbonyl (C=S) groups is 1. The molecule has 0 aromatic rings. The van der Waals surface area contributed by atoms with E-state index in [0.717, 1.165) is 47.9 Å². The third-order valence-electron chi connectivity index (χ3n) is 7.88. The Morgan fingerprint density at radius 1 is 0.792 bits per heavy atom. The molecule has 0 radical (unpaired) electrons. The van der Waals surface area contributed by atoms with Crippen molar-refractivity contribution >= 4 is 17.3 Å². The van der Waals surface area contributed by atoms with E-state index in [0.29, 0.717) is 6.04 Å². The fraction of sp³-hybridized carbons (Fsp3) is 0.950. The standard InChI is InChI=1S/C20H33N3S/c24-20(21-18-3-1-2-4-18)23-7-5-22(6-8-23)19-16-10-14-9-15(12-16)13-17(19)11-14/h14-19H,1-13H2,(H,21,24). The first-order chi connectivity index (χ1) is 11.8. The molecule has 1 saturated heterocycles. The SMILES string of the molecule is S=C(NC1CCCC1)N1CCN(C2C3CC4CC(C3)CC2C4)CC1. The zero-order valence-electron chi connectivity index (χ0n) is 15.0. The number of hydrogen-bond acceptors (Lipinski definition) is 2. The van der Waals surface area contributed by atoms with Crippen LogP contribution in [0.2, 0.25) is 0 Å². The predicted molar refractivity (Wildman–Crippen MR) is 102 cm³/mol. The maximum atomic E-state index is 5.70. The minimum absolute atomic E-state index is 0.653. The van der Waals surface area contributed by atoms with Gasteiger partial charge in [0, 0.05) is 38.3 Å². The van der Waals surface area contributed by atoms with E-state index >= 15 is 0 Å². The Kier molecular flexibility index (Phi) is 4.25. The van der Waals surface area contributed by atoms with Crippen LogP contribution in [0, 0.1) is 23.7 Å². The van der Waals surface area contributed by atoms with Crippen molar-refractivity contribution in [1.29, 1.82) is 0 Å². The molecule has 4 bridgehead atoms. The molecule has 24 heavy (non-hydrogen) atoms. The molecule has 4 heteroatoms. The normalized spacial score (nSPS) is 42.7. The minimum atomic E-state index is 0.653. The quantitative estimate of drug-likeness (QED) is 0.773. The fourth-order valence-corrected chi connectivity index (χ4v) is 7.40. The molecular weight excluding hydrogens is 314 g/mol. The van der Waals surface area contributed by atoms with Crippen molar-refractivity contribution in [3.05, 3.63) is 0 Å². The smallest absolute Gasteiger partial charge is 0.169 e. The van der Waals surface area contributed by atoms with Crippen molar-refractivity contribution < 1.29 is 0 Å². The predicted octanol–water partition coefficient (Wildman–Crippen LogP) is 3.25. The highest BCUT2D eigenvalue weighted by Gasteiger charge is 2.50. The summed E-state index contributed by atoms with van der Waals surface area (Å²) in [4.78, 5) is 5.31. The third-order valence-corrected chi connectivity index (χ3v) is 8.26. The average Bonchev–Trinajstić information content (AvgIpc) is 3.07. The molecule has 0 amide bonds. The maximum Gasteiger partial charge on any atom is 0.169 e. The number of piperazine rings is 1. The summed E-state index contributed by atoms with van der Waals surface area (Å²) in [7, 11) is 0. The Hall–Kier alpha value is -0.350. The molecule has 6 fully saturated rings. The summed E-state index contributed by atoms with van der Waals surface area (Å²) in [6.07, 6.45) is 13.1. The highest BCUT2D eigenvalue weighted by atomic mass is 32.1. The molecule has 6 rings (SSSR count). The molecule has 1 heterocycles. The summed E-state index contributed by atoms with van der Waals surface area (Å²) < 4.78 is 0. The molecule has 1 aliphatic heterocycles. The van der Waals surface area contributed by atoms with E-state index in [1.54, 1.807) is 32.1 Å². The molecule has 0 aromatic carbocycles. The van der Waals surface area contributed by atoms with Crippen LogP contribution in [-0.4, -0.2) is 53.2 Å². The second-order valence-corrected chi connectivity index (χ2v) is 9.76. The lowest BCUT2D eigenvalue weighted by Crippen LogP contribution is -2.61. The van der Waals surface area contributed by atoms with Crippen molar-refractivity contribution in [2.24, 2.45) is 23.7 Å². The van der Waals surface area contributed by atoms with E-state index in [-0.39, 0.29) is 0 Å². The van der Waals surface area contributed by atoms with Crippen LogP contribution in [-0.2, 0) is 0 Å². The van der Waals surface area contributed by atoms with Gasteiger partial charge in [-0.05, 0) is 80.8 Å². The Morgan fingerprint density at radius 3 is 1.96 bits per heavy atom. The van der Waals surface area contributed by atoms with E-state index in [2.05, 4.69) is 15.1 Å². The third kappa shape index (κ3) is 2.88. The fourth-order valence-electron chi connectivity index (χ4n) is 7.05. The Bertz CT molecular complexity index is 451. The van der Waals surface area contributed by atoms with Crippen molar-refractivity contribution in [2.75, 3.05) is 26.2 Å². The van der Waals surface area contributed by atoms with Crippen molar-refractivity contribution in [3.8, 4) is 0 Å². The molecule has 6 aliphatic rings. The molecular formula is C20H33N3S. The van der Waals surface area contributed by atoms with Gasteiger partial charge in [-0.2, -0.15) is 0 Å². The van der Waals surface area contributed by atoms with E-state index < -0.39 is 0 Å². The van der Waals surface area contributed by atoms with Gasteiger partial charge in [0.1, 0.15) is 0 Å². The van der Waals surface area contributed by atoms with Crippen LogP contribution in [0.3, 0.4) is 0 Å². The first-order valence-electron chi connectivity index (χ1n) is 10.6. The maximum absolute atomic E-state index is 5.70. The summed E-state index contributed by atoms with van der Waals surface area (Å²) in [5, 5.41) is 4.67. The summed E-state index contributed by atoms with van der Waals surface area (Å²) in [5.41, 5.74) is 0. The van der Waals surface area contributed by atoms with Gasteiger partial charge in [-0.3, -0.25) is 4.90 Å². The average molecular weight is 348 g/mol. The zero-order chi connectivity index (χ0) is 16.1. The molecule has 1 N–H and O–H groups in total. The van der Waals surface area contributed by atoms with E-state index in [1.807, 2.05) is 0 Å². The Balaban J connectivity index is 1.16. The molecule has 3 nitrogen and oxygen atoms in total. The monoisotopic (exact) mass is 347 g/mol. The number of hydrogen-bond donors (Lipinski definition) is 1. The largest absolute Gasteiger partial charge is 0.360 e. The van der Waals surface area contributed by atoms with Gasteiger partial charge >= 0.3 is 0 Å². The first-order valence-corrected chi connectivity index (χ1v) is 11.0. The lowest BCUT2D eigenvalue weighted by molar-refractivity contribution is -0.0727. The van der Waals surface area contributed by atoms with E-state index in [1.165, 1.54) is 38.8 Å². The summed E-state index contributed by atoms with van der Waals surface area (Å²) in [6.45, 7) is 4.75. The summed E-state index contributed by atoms with van der Waals surface area (Å²) in [5.74, 6) is 4.23. The topological polar surface area (TPSA) is 18.5 Å². The highest BCUT2D eigenvalue weighted by molar-refractivity contribution is 7.80. The van der Waals surface area contributed by atoms with Gasteiger partial charge in [0.25, 0.3) is 0 Å². The first kappa shape index (κ1) is 15.9. The minimum Gasteiger partial charge on any atom is -0.360 e. The van der Waals surface area contributed by atoms with Crippen LogP contribution in [0.15, 0.2) is 0 Å². The second-order valence-electron chi connectivity index (χ2n) is 9.38. The summed E-state index contributed by atoms with van der Waals surface area (Å²) >= 11 is 5.70. The van der Waals surface area contributed by atoms with Gasteiger partial charge in [0.05, 0.1) is 0 Å². The number of rotatable bonds is 2. The van der Waals surface area contributed by atoms with Crippen LogP contribution < -0.4 is 5.32 Å². The van der Waals surface area contributed by atoms with Crippen LogP contribution >= 0.6 is 12.2 Å². The lowest BCUT2D eigenvalue weighted by atomic mass is 9.54. The number of nitrogens with one attached hydrogen (secondary N) is 1. The van der Waals surface area contributed by atoms with E-state index in [9.17, 15) is 0 Å². The van der Waals surface area contributed by atoms with Crippen LogP contribution in [0.1, 0.15) is 57.8 Å². The van der Waals surface area contributed by atoms with Gasteiger partial charge in [0.15, 0.2) is 5.11 Å². The van der Waals surface area contributed by atoms with Crippen LogP contribution in [0.4, 0.5) is 0 Å². The zero-order valence-corrected chi connectivity index (χ0v) is 15.8. The van der Waals surface area contributed by atoms with E-state index in [4.69, 9.17) is 12.2 Å². The molecule has 134 valence electrons. The Labute approximate surface area is 152 Å².